The first-order valence-electron chi connectivity index (χ1n) is 6.97. The number of nitrogens with one attached hydrogen (secondary N) is 1. The third-order valence-electron chi connectivity index (χ3n) is 3.63. The van der Waals surface area contributed by atoms with E-state index < -0.39 is 0 Å². The summed E-state index contributed by atoms with van der Waals surface area (Å²) in [4.78, 5) is 0. The third-order valence-corrected chi connectivity index (χ3v) is 3.63. The first-order chi connectivity index (χ1) is 8.40. The predicted octanol–water partition coefficient (Wildman–Crippen LogP) is 2.01. The zero-order valence-corrected chi connectivity index (χ0v) is 10.9. The van der Waals surface area contributed by atoms with Crippen LogP contribution in [0.1, 0.15) is 44.9 Å². The first kappa shape index (κ1) is 12.6. The third kappa shape index (κ3) is 3.80. The van der Waals surface area contributed by atoms with Gasteiger partial charge in [0, 0.05) is 13.0 Å². The zero-order chi connectivity index (χ0) is 11.9. The molecule has 2 rings (SSSR count). The Kier molecular flexibility index (Phi) is 4.98. The second kappa shape index (κ2) is 6.74. The molecular weight excluding hydrogens is 212 g/mol. The average Bonchev–Trinajstić information content (AvgIpc) is 2.79. The number of aromatic nitrogens is 3. The largest absolute Gasteiger partial charge is 0.318 e. The van der Waals surface area contributed by atoms with Gasteiger partial charge in [-0.05, 0) is 38.3 Å². The topological polar surface area (TPSA) is 42.7 Å². The fourth-order valence-corrected chi connectivity index (χ4v) is 2.50. The maximum Gasteiger partial charge on any atom is 0.133 e. The fraction of sp³-hybridized carbons (Fsp3) is 0.846. The van der Waals surface area contributed by atoms with Gasteiger partial charge in [-0.3, -0.25) is 0 Å². The predicted molar refractivity (Wildman–Crippen MR) is 68.8 cm³/mol. The van der Waals surface area contributed by atoms with Gasteiger partial charge in [-0.2, -0.15) is 0 Å². The van der Waals surface area contributed by atoms with E-state index >= 15 is 0 Å². The molecule has 1 saturated heterocycles. The van der Waals surface area contributed by atoms with Crippen molar-refractivity contribution in [3.8, 4) is 0 Å². The smallest absolute Gasteiger partial charge is 0.133 e. The molecule has 17 heavy (non-hydrogen) atoms. The van der Waals surface area contributed by atoms with E-state index in [1.807, 2.05) is 6.33 Å². The maximum atomic E-state index is 4.28. The van der Waals surface area contributed by atoms with Crippen LogP contribution in [0.4, 0.5) is 0 Å². The van der Waals surface area contributed by atoms with Gasteiger partial charge < -0.3 is 9.88 Å². The van der Waals surface area contributed by atoms with Gasteiger partial charge in [-0.1, -0.05) is 19.8 Å². The van der Waals surface area contributed by atoms with Crippen LogP contribution in [0.2, 0.25) is 0 Å². The highest BCUT2D eigenvalue weighted by molar-refractivity contribution is 4.89. The first-order valence-corrected chi connectivity index (χ1v) is 6.97. The minimum Gasteiger partial charge on any atom is -0.318 e. The van der Waals surface area contributed by atoms with Gasteiger partial charge in [-0.15, -0.1) is 10.2 Å². The normalized spacial score (nSPS) is 17.5. The van der Waals surface area contributed by atoms with E-state index in [1.165, 1.54) is 37.9 Å². The van der Waals surface area contributed by atoms with Gasteiger partial charge in [-0.25, -0.2) is 0 Å². The molecule has 1 aromatic heterocycles. The Morgan fingerprint density at radius 1 is 1.35 bits per heavy atom. The summed E-state index contributed by atoms with van der Waals surface area (Å²) in [7, 11) is 0. The van der Waals surface area contributed by atoms with Crippen molar-refractivity contribution < 1.29 is 0 Å². The van der Waals surface area contributed by atoms with Gasteiger partial charge in [0.25, 0.3) is 0 Å². The second-order valence-electron chi connectivity index (χ2n) is 5.05. The number of hydrogen-bond donors (Lipinski definition) is 1. The van der Waals surface area contributed by atoms with Crippen LogP contribution in [0, 0.1) is 5.92 Å². The SMILES string of the molecule is CCCCCn1cnnc1CC1CCNCC1. The van der Waals surface area contributed by atoms with Crippen molar-refractivity contribution >= 4 is 0 Å². The van der Waals surface area contributed by atoms with Crippen molar-refractivity contribution in [2.45, 2.75) is 52.0 Å². The van der Waals surface area contributed by atoms with E-state index in [1.54, 1.807) is 0 Å². The van der Waals surface area contributed by atoms with Crippen LogP contribution in [0.25, 0.3) is 0 Å². The highest BCUT2D eigenvalue weighted by Crippen LogP contribution is 2.17. The Morgan fingerprint density at radius 3 is 2.94 bits per heavy atom. The molecule has 96 valence electrons. The summed E-state index contributed by atoms with van der Waals surface area (Å²) >= 11 is 0. The van der Waals surface area contributed by atoms with Crippen LogP contribution in [-0.4, -0.2) is 27.9 Å². The lowest BCUT2D eigenvalue weighted by Gasteiger charge is -2.22. The van der Waals surface area contributed by atoms with Crippen LogP contribution in [0.15, 0.2) is 6.33 Å². The highest BCUT2D eigenvalue weighted by atomic mass is 15.3. The standard InChI is InChI=1S/C13H24N4/c1-2-3-4-9-17-11-15-16-13(17)10-12-5-7-14-8-6-12/h11-12,14H,2-10H2,1H3. The van der Waals surface area contributed by atoms with Gasteiger partial charge >= 0.3 is 0 Å². The van der Waals surface area contributed by atoms with Crippen molar-refractivity contribution in [3.63, 3.8) is 0 Å². The second-order valence-corrected chi connectivity index (χ2v) is 5.05. The molecule has 0 saturated carbocycles. The molecule has 0 unspecified atom stereocenters. The van der Waals surface area contributed by atoms with Crippen LogP contribution in [0.3, 0.4) is 0 Å². The van der Waals surface area contributed by atoms with E-state index in [9.17, 15) is 0 Å². The van der Waals surface area contributed by atoms with Crippen LogP contribution >= 0.6 is 0 Å². The number of nitrogens with zero attached hydrogens (tertiary/aromatic N) is 3. The summed E-state index contributed by atoms with van der Waals surface area (Å²) in [6.07, 6.45) is 9.37. The van der Waals surface area contributed by atoms with E-state index in [4.69, 9.17) is 0 Å². The Hall–Kier alpha value is -0.900. The summed E-state index contributed by atoms with van der Waals surface area (Å²) < 4.78 is 2.25. The molecule has 0 radical (unpaired) electrons. The van der Waals surface area contributed by atoms with Crippen molar-refractivity contribution in [1.82, 2.24) is 20.1 Å². The Morgan fingerprint density at radius 2 is 2.18 bits per heavy atom. The lowest BCUT2D eigenvalue weighted by molar-refractivity contribution is 0.361. The lowest BCUT2D eigenvalue weighted by Crippen LogP contribution is -2.29. The minimum absolute atomic E-state index is 0.797. The molecular formula is C13H24N4. The van der Waals surface area contributed by atoms with Crippen LogP contribution in [0.5, 0.6) is 0 Å². The summed E-state index contributed by atoms with van der Waals surface area (Å²) in [5.74, 6) is 1.98. The highest BCUT2D eigenvalue weighted by Gasteiger charge is 2.16. The Labute approximate surface area is 104 Å². The van der Waals surface area contributed by atoms with Crippen LogP contribution in [-0.2, 0) is 13.0 Å². The molecule has 0 bridgehead atoms. The van der Waals surface area contributed by atoms with Gasteiger partial charge in [0.1, 0.15) is 12.2 Å². The monoisotopic (exact) mass is 236 g/mol. The Bertz CT molecular complexity index is 315. The number of unbranched alkanes of at least 4 members (excludes halogenated alkanes) is 2. The number of piperidine rings is 1. The average molecular weight is 236 g/mol. The molecule has 0 aliphatic carbocycles. The minimum atomic E-state index is 0.797. The molecule has 0 aromatic carbocycles. The van der Waals surface area contributed by atoms with Gasteiger partial charge in [0.2, 0.25) is 0 Å². The molecule has 0 spiro atoms. The fourth-order valence-electron chi connectivity index (χ4n) is 2.50. The van der Waals surface area contributed by atoms with Crippen molar-refractivity contribution in [2.24, 2.45) is 5.92 Å². The lowest BCUT2D eigenvalue weighted by atomic mass is 9.94. The molecule has 1 N–H and O–H groups in total. The molecule has 4 heteroatoms. The number of rotatable bonds is 6. The molecule has 1 aliphatic heterocycles. The molecule has 0 atom stereocenters. The molecule has 4 nitrogen and oxygen atoms in total. The quantitative estimate of drug-likeness (QED) is 0.768. The molecule has 1 fully saturated rings. The van der Waals surface area contributed by atoms with Crippen molar-refractivity contribution in [2.75, 3.05) is 13.1 Å². The summed E-state index contributed by atoms with van der Waals surface area (Å²) in [5, 5.41) is 11.8. The number of hydrogen-bond acceptors (Lipinski definition) is 3. The molecule has 2 heterocycles. The molecule has 1 aromatic rings. The van der Waals surface area contributed by atoms with Crippen molar-refractivity contribution in [1.29, 1.82) is 0 Å². The van der Waals surface area contributed by atoms with E-state index in [-0.39, 0.29) is 0 Å². The van der Waals surface area contributed by atoms with Gasteiger partial charge in [0.05, 0.1) is 0 Å². The summed E-state index contributed by atoms with van der Waals surface area (Å²) in [6, 6.07) is 0. The van der Waals surface area contributed by atoms with Crippen LogP contribution < -0.4 is 5.32 Å². The zero-order valence-electron chi connectivity index (χ0n) is 10.9. The van der Waals surface area contributed by atoms with E-state index in [0.717, 1.165) is 32.0 Å². The summed E-state index contributed by atoms with van der Waals surface area (Å²) in [6.45, 7) is 5.65. The number of aryl methyl sites for hydroxylation is 1. The maximum absolute atomic E-state index is 4.28. The summed E-state index contributed by atoms with van der Waals surface area (Å²) in [5.41, 5.74) is 0. The Balaban J connectivity index is 1.84. The van der Waals surface area contributed by atoms with Gasteiger partial charge in [0.15, 0.2) is 0 Å². The van der Waals surface area contributed by atoms with E-state index in [0.29, 0.717) is 0 Å². The van der Waals surface area contributed by atoms with E-state index in [2.05, 4.69) is 27.0 Å². The molecule has 0 amide bonds. The molecule has 1 aliphatic rings. The van der Waals surface area contributed by atoms with Crippen molar-refractivity contribution in [3.05, 3.63) is 12.2 Å².